The van der Waals surface area contributed by atoms with Gasteiger partial charge in [-0.15, -0.1) is 0 Å². The number of carbonyl (C=O) groups is 2. The fourth-order valence-electron chi connectivity index (χ4n) is 1.83. The molecule has 0 radical (unpaired) electrons. The van der Waals surface area contributed by atoms with Gasteiger partial charge < -0.3 is 10.1 Å². The second-order valence-electron chi connectivity index (χ2n) is 4.92. The maximum Gasteiger partial charge on any atom is 0.328 e. The van der Waals surface area contributed by atoms with Crippen molar-refractivity contribution in [3.63, 3.8) is 0 Å². The molecule has 0 aliphatic rings. The lowest BCUT2D eigenvalue weighted by Gasteiger charge is -2.20. The maximum absolute atomic E-state index is 12.0. The van der Waals surface area contributed by atoms with Gasteiger partial charge in [-0.2, -0.15) is 0 Å². The van der Waals surface area contributed by atoms with Gasteiger partial charge in [-0.1, -0.05) is 38.1 Å². The van der Waals surface area contributed by atoms with Crippen molar-refractivity contribution in [2.75, 3.05) is 7.11 Å². The van der Waals surface area contributed by atoms with Crippen LogP contribution in [-0.2, 0) is 20.7 Å². The van der Waals surface area contributed by atoms with E-state index in [1.165, 1.54) is 7.11 Å². The summed E-state index contributed by atoms with van der Waals surface area (Å²) in [6.45, 7) is 5.70. The molecule has 0 saturated carbocycles. The molecule has 0 aliphatic heterocycles. The van der Waals surface area contributed by atoms with Gasteiger partial charge in [0.2, 0.25) is 5.91 Å². The lowest BCUT2D eigenvalue weighted by Crippen LogP contribution is -2.45. The van der Waals surface area contributed by atoms with Gasteiger partial charge in [0.25, 0.3) is 0 Å². The van der Waals surface area contributed by atoms with Crippen molar-refractivity contribution >= 4 is 11.9 Å². The molecule has 0 spiro atoms. The zero-order valence-corrected chi connectivity index (χ0v) is 11.9. The number of methoxy groups -OCH3 is 1. The summed E-state index contributed by atoms with van der Waals surface area (Å²) in [5, 5.41) is 2.73. The predicted molar refractivity (Wildman–Crippen MR) is 73.7 cm³/mol. The van der Waals surface area contributed by atoms with Crippen LogP contribution in [0.2, 0.25) is 0 Å². The van der Waals surface area contributed by atoms with Gasteiger partial charge in [-0.3, -0.25) is 4.79 Å². The number of rotatable bonds is 5. The van der Waals surface area contributed by atoms with Gasteiger partial charge in [-0.25, -0.2) is 4.79 Å². The molecule has 1 aromatic carbocycles. The Bertz CT molecular complexity index is 454. The van der Waals surface area contributed by atoms with Crippen LogP contribution in [0.4, 0.5) is 0 Å². The Kier molecular flexibility index (Phi) is 5.55. The van der Waals surface area contributed by atoms with E-state index in [1.807, 2.05) is 45.0 Å². The first-order chi connectivity index (χ1) is 8.95. The summed E-state index contributed by atoms with van der Waals surface area (Å²) in [5.41, 5.74) is 2.03. The van der Waals surface area contributed by atoms with Gasteiger partial charge in [0.05, 0.1) is 13.5 Å². The highest BCUT2D eigenvalue weighted by Crippen LogP contribution is 2.09. The van der Waals surface area contributed by atoms with E-state index in [-0.39, 0.29) is 18.2 Å². The first-order valence-corrected chi connectivity index (χ1v) is 6.37. The van der Waals surface area contributed by atoms with E-state index in [1.54, 1.807) is 0 Å². The van der Waals surface area contributed by atoms with Gasteiger partial charge in [-0.05, 0) is 24.0 Å². The zero-order chi connectivity index (χ0) is 14.4. The summed E-state index contributed by atoms with van der Waals surface area (Å²) >= 11 is 0. The molecule has 1 amide bonds. The molecule has 1 aromatic rings. The van der Waals surface area contributed by atoms with Gasteiger partial charge in [0, 0.05) is 0 Å². The quantitative estimate of drug-likeness (QED) is 0.825. The molecule has 104 valence electrons. The molecule has 1 atom stereocenters. The largest absolute Gasteiger partial charge is 0.467 e. The second-order valence-corrected chi connectivity index (χ2v) is 4.92. The third-order valence-corrected chi connectivity index (χ3v) is 3.05. The fraction of sp³-hybridized carbons (Fsp3) is 0.467. The molecule has 0 aromatic heterocycles. The summed E-state index contributed by atoms with van der Waals surface area (Å²) < 4.78 is 4.69. The van der Waals surface area contributed by atoms with E-state index in [4.69, 9.17) is 4.74 Å². The van der Waals surface area contributed by atoms with Crippen molar-refractivity contribution < 1.29 is 14.3 Å². The average Bonchev–Trinajstić information content (AvgIpc) is 2.37. The van der Waals surface area contributed by atoms with Crippen molar-refractivity contribution in [3.8, 4) is 0 Å². The summed E-state index contributed by atoms with van der Waals surface area (Å²) in [5.74, 6) is -0.584. The molecule has 4 nitrogen and oxygen atoms in total. The van der Waals surface area contributed by atoms with Gasteiger partial charge >= 0.3 is 5.97 Å². The van der Waals surface area contributed by atoms with Crippen LogP contribution in [0.3, 0.4) is 0 Å². The Balaban J connectivity index is 2.68. The van der Waals surface area contributed by atoms with Crippen LogP contribution >= 0.6 is 0 Å². The van der Waals surface area contributed by atoms with Crippen molar-refractivity contribution in [2.45, 2.75) is 33.2 Å². The highest BCUT2D eigenvalue weighted by molar-refractivity contribution is 5.85. The van der Waals surface area contributed by atoms with Crippen LogP contribution in [0.1, 0.15) is 25.0 Å². The number of nitrogens with one attached hydrogen (secondary N) is 1. The number of esters is 1. The van der Waals surface area contributed by atoms with Crippen molar-refractivity contribution in [1.82, 2.24) is 5.32 Å². The van der Waals surface area contributed by atoms with Crippen LogP contribution in [0.25, 0.3) is 0 Å². The van der Waals surface area contributed by atoms with Crippen LogP contribution in [0, 0.1) is 12.8 Å². The highest BCUT2D eigenvalue weighted by Gasteiger charge is 2.24. The third-order valence-electron chi connectivity index (χ3n) is 3.05. The summed E-state index contributed by atoms with van der Waals surface area (Å²) in [6.07, 6.45) is 0.271. The Morgan fingerprint density at radius 3 is 2.42 bits per heavy atom. The molecule has 0 bridgehead atoms. The number of carbonyl (C=O) groups excluding carboxylic acids is 2. The van der Waals surface area contributed by atoms with Crippen LogP contribution in [0.5, 0.6) is 0 Å². The number of amides is 1. The monoisotopic (exact) mass is 263 g/mol. The van der Waals surface area contributed by atoms with Crippen molar-refractivity contribution in [2.24, 2.45) is 5.92 Å². The first kappa shape index (κ1) is 15.2. The number of hydrogen-bond donors (Lipinski definition) is 1. The Labute approximate surface area is 114 Å². The summed E-state index contributed by atoms with van der Waals surface area (Å²) in [6, 6.07) is 7.11. The molecule has 1 N–H and O–H groups in total. The SMILES string of the molecule is COC(=O)[C@H](NC(=O)Cc1ccccc1C)C(C)C. The standard InChI is InChI=1S/C15H21NO3/c1-10(2)14(15(18)19-4)16-13(17)9-12-8-6-5-7-11(12)3/h5-8,10,14H,9H2,1-4H3,(H,16,17)/t14-/m1/s1. The average molecular weight is 263 g/mol. The Morgan fingerprint density at radius 2 is 1.89 bits per heavy atom. The van der Waals surface area contributed by atoms with E-state index >= 15 is 0 Å². The van der Waals surface area contributed by atoms with E-state index in [2.05, 4.69) is 5.32 Å². The molecule has 0 saturated heterocycles. The molecular formula is C15H21NO3. The molecular weight excluding hydrogens is 242 g/mol. The minimum absolute atomic E-state index is 0.00623. The fourth-order valence-corrected chi connectivity index (χ4v) is 1.83. The summed E-state index contributed by atoms with van der Waals surface area (Å²) in [7, 11) is 1.32. The molecule has 0 unspecified atom stereocenters. The lowest BCUT2D eigenvalue weighted by atomic mass is 10.0. The Morgan fingerprint density at radius 1 is 1.26 bits per heavy atom. The number of hydrogen-bond acceptors (Lipinski definition) is 3. The van der Waals surface area contributed by atoms with E-state index in [0.717, 1.165) is 11.1 Å². The smallest absolute Gasteiger partial charge is 0.328 e. The Hall–Kier alpha value is -1.84. The molecule has 1 rings (SSSR count). The topological polar surface area (TPSA) is 55.4 Å². The van der Waals surface area contributed by atoms with Crippen molar-refractivity contribution in [3.05, 3.63) is 35.4 Å². The normalized spacial score (nSPS) is 12.1. The van der Waals surface area contributed by atoms with Gasteiger partial charge in [0.1, 0.15) is 6.04 Å². The van der Waals surface area contributed by atoms with Crippen molar-refractivity contribution in [1.29, 1.82) is 0 Å². The number of ether oxygens (including phenoxy) is 1. The maximum atomic E-state index is 12.0. The van der Waals surface area contributed by atoms with E-state index < -0.39 is 12.0 Å². The van der Waals surface area contributed by atoms with E-state index in [0.29, 0.717) is 0 Å². The third kappa shape index (κ3) is 4.39. The number of aryl methyl sites for hydroxylation is 1. The van der Waals surface area contributed by atoms with Crippen LogP contribution < -0.4 is 5.32 Å². The molecule has 0 heterocycles. The molecule has 0 fully saturated rings. The molecule has 0 aliphatic carbocycles. The zero-order valence-electron chi connectivity index (χ0n) is 11.9. The lowest BCUT2D eigenvalue weighted by molar-refractivity contribution is -0.146. The molecule has 19 heavy (non-hydrogen) atoms. The van der Waals surface area contributed by atoms with Crippen LogP contribution in [-0.4, -0.2) is 25.0 Å². The first-order valence-electron chi connectivity index (χ1n) is 6.37. The minimum atomic E-state index is -0.596. The predicted octanol–water partition coefficient (Wildman–Crippen LogP) is 1.85. The highest BCUT2D eigenvalue weighted by atomic mass is 16.5. The van der Waals surface area contributed by atoms with Crippen LogP contribution in [0.15, 0.2) is 24.3 Å². The second kappa shape index (κ2) is 6.92. The minimum Gasteiger partial charge on any atom is -0.467 e. The van der Waals surface area contributed by atoms with Gasteiger partial charge in [0.15, 0.2) is 0 Å². The number of benzene rings is 1. The van der Waals surface area contributed by atoms with E-state index in [9.17, 15) is 9.59 Å². The molecule has 4 heteroatoms. The summed E-state index contributed by atoms with van der Waals surface area (Å²) in [4.78, 5) is 23.6.